The summed E-state index contributed by atoms with van der Waals surface area (Å²) in [5, 5.41) is 9.45. The van der Waals surface area contributed by atoms with E-state index in [0.29, 0.717) is 34.3 Å². The van der Waals surface area contributed by atoms with Crippen LogP contribution in [0.5, 0.6) is 5.75 Å². The molecule has 2 aliphatic rings. The summed E-state index contributed by atoms with van der Waals surface area (Å²) in [6, 6.07) is 10.2. The first-order valence-electron chi connectivity index (χ1n) is 12.5. The van der Waals surface area contributed by atoms with Crippen molar-refractivity contribution in [3.63, 3.8) is 0 Å². The molecule has 3 aromatic rings. The van der Waals surface area contributed by atoms with Crippen LogP contribution in [0, 0.1) is 17.8 Å². The van der Waals surface area contributed by atoms with Crippen LogP contribution in [0.1, 0.15) is 28.9 Å². The van der Waals surface area contributed by atoms with Gasteiger partial charge in [0.2, 0.25) is 0 Å². The number of pyridine rings is 1. The molecule has 8 nitrogen and oxygen atoms in total. The van der Waals surface area contributed by atoms with Crippen molar-refractivity contribution in [2.45, 2.75) is 23.5 Å². The fraction of sp³-hybridized carbons (Fsp3) is 0.407. The van der Waals surface area contributed by atoms with Crippen molar-refractivity contribution in [3.8, 4) is 17.6 Å². The molecule has 1 saturated heterocycles. The molecule has 3 N–H and O–H groups in total. The van der Waals surface area contributed by atoms with Crippen LogP contribution in [-0.2, 0) is 0 Å². The van der Waals surface area contributed by atoms with Crippen LogP contribution in [0.4, 0.5) is 24.7 Å². The number of carbonyl (C=O) groups excluding carboxylic acids is 1. The van der Waals surface area contributed by atoms with E-state index in [-0.39, 0.29) is 28.1 Å². The summed E-state index contributed by atoms with van der Waals surface area (Å²) < 4.78 is 47.8. The second-order valence-electron chi connectivity index (χ2n) is 9.78. The van der Waals surface area contributed by atoms with Gasteiger partial charge in [0.05, 0.1) is 0 Å². The Labute approximate surface area is 230 Å². The van der Waals surface area contributed by atoms with Crippen molar-refractivity contribution in [3.05, 3.63) is 47.7 Å². The van der Waals surface area contributed by atoms with Crippen molar-refractivity contribution in [1.29, 1.82) is 0 Å². The number of hydrogen-bond donors (Lipinski definition) is 3. The molecule has 2 fully saturated rings. The SMILES string of the molecule is CNC(=O)c1ccc(OC)c(NCC#Cc2nn3c(N[C@@]45CCN(C)C[C@@H]4C5)cccc3c2[Se]C(F)(F)F)c1. The van der Waals surface area contributed by atoms with E-state index in [1.54, 1.807) is 34.8 Å². The van der Waals surface area contributed by atoms with E-state index in [9.17, 15) is 18.0 Å². The molecule has 206 valence electrons. The number of hydrogen-bond acceptors (Lipinski definition) is 6. The van der Waals surface area contributed by atoms with E-state index >= 15 is 0 Å². The molecule has 1 aliphatic carbocycles. The summed E-state index contributed by atoms with van der Waals surface area (Å²) in [6.45, 7) is 2.09. The number of likely N-dealkylation sites (tertiary alicyclic amines) is 1. The molecule has 2 aromatic heterocycles. The first-order valence-corrected chi connectivity index (χ1v) is 14.2. The molecule has 1 saturated carbocycles. The summed E-state index contributed by atoms with van der Waals surface area (Å²) >= 11 is -1.82. The first kappa shape index (κ1) is 27.2. The number of halogens is 3. The van der Waals surface area contributed by atoms with Gasteiger partial charge >= 0.3 is 231 Å². The molecular formula is C27H29F3N6O2Se. The average molecular weight is 606 g/mol. The number of piperidine rings is 1. The predicted octanol–water partition coefficient (Wildman–Crippen LogP) is 2.52. The van der Waals surface area contributed by atoms with Crippen LogP contribution in [-0.4, -0.2) is 86.8 Å². The van der Waals surface area contributed by atoms with Crippen LogP contribution in [0.15, 0.2) is 36.4 Å². The zero-order valence-corrected chi connectivity index (χ0v) is 23.5. The molecule has 2 atom stereocenters. The third kappa shape index (κ3) is 5.81. The Balaban J connectivity index is 1.41. The maximum atomic E-state index is 13.6. The number of amides is 1. The third-order valence-electron chi connectivity index (χ3n) is 7.17. The van der Waals surface area contributed by atoms with Crippen LogP contribution < -0.4 is 25.1 Å². The van der Waals surface area contributed by atoms with Gasteiger partial charge in [-0.05, 0) is 0 Å². The van der Waals surface area contributed by atoms with Crippen molar-refractivity contribution in [2.75, 3.05) is 51.5 Å². The molecule has 12 heteroatoms. The van der Waals surface area contributed by atoms with Gasteiger partial charge in [-0.3, -0.25) is 0 Å². The third-order valence-corrected chi connectivity index (χ3v) is 8.93. The van der Waals surface area contributed by atoms with E-state index in [1.807, 2.05) is 6.07 Å². The zero-order valence-electron chi connectivity index (χ0n) is 21.8. The van der Waals surface area contributed by atoms with Gasteiger partial charge < -0.3 is 0 Å². The summed E-state index contributed by atoms with van der Waals surface area (Å²) in [5.41, 5.74) is 1.48. The zero-order chi connectivity index (χ0) is 27.8. The molecule has 3 heterocycles. The first-order chi connectivity index (χ1) is 18.6. The minimum atomic E-state index is -4.35. The van der Waals surface area contributed by atoms with Crippen molar-refractivity contribution in [1.82, 2.24) is 19.8 Å². The van der Waals surface area contributed by atoms with Gasteiger partial charge in [-0.15, -0.1) is 0 Å². The molecule has 1 aromatic carbocycles. The van der Waals surface area contributed by atoms with Gasteiger partial charge in [0.1, 0.15) is 0 Å². The van der Waals surface area contributed by atoms with Crippen LogP contribution in [0.2, 0.25) is 0 Å². The topological polar surface area (TPSA) is 82.9 Å². The standard InChI is InChI=1S/C27H29F3N6O2Se/c1-31-25(37)17-9-10-22(38-3)20(14-17)32-12-5-6-19-24(39-27(28,29)30)21-7-4-8-23(36(21)34-19)33-26-11-13-35(2)16-18(26)15-26/h4,7-10,14,18,32-33H,11-13,15-16H2,1-3H3,(H,31,37)/t18-,26+/m0/s1. The summed E-state index contributed by atoms with van der Waals surface area (Å²) in [4.78, 5) is 14.3. The molecule has 5 rings (SSSR count). The number of rotatable bonds is 7. The molecule has 39 heavy (non-hydrogen) atoms. The number of carbonyl (C=O) groups is 1. The molecule has 1 amide bonds. The van der Waals surface area contributed by atoms with Gasteiger partial charge in [-0.1, -0.05) is 0 Å². The molecule has 0 unspecified atom stereocenters. The monoisotopic (exact) mass is 606 g/mol. The number of benzene rings is 1. The average Bonchev–Trinajstić information content (AvgIpc) is 3.50. The number of anilines is 2. The summed E-state index contributed by atoms with van der Waals surface area (Å²) in [7, 11) is 5.16. The van der Waals surface area contributed by atoms with E-state index in [0.717, 1.165) is 25.9 Å². The molecule has 1 aliphatic heterocycles. The summed E-state index contributed by atoms with van der Waals surface area (Å²) in [5.74, 6) is 7.21. The predicted molar refractivity (Wildman–Crippen MR) is 145 cm³/mol. The Kier molecular flexibility index (Phi) is 7.42. The normalized spacial score (nSPS) is 20.5. The summed E-state index contributed by atoms with van der Waals surface area (Å²) in [6.07, 6.45) is 2.02. The fourth-order valence-electron chi connectivity index (χ4n) is 5.09. The Bertz CT molecular complexity index is 1460. The van der Waals surface area contributed by atoms with Crippen molar-refractivity contribution >= 4 is 42.3 Å². The number of nitrogens with one attached hydrogen (secondary N) is 3. The molecular weight excluding hydrogens is 576 g/mol. The second kappa shape index (κ2) is 10.6. The Hall–Kier alpha value is -3.39. The minimum absolute atomic E-state index is 0.0277. The van der Waals surface area contributed by atoms with E-state index in [1.165, 1.54) is 14.2 Å². The van der Waals surface area contributed by atoms with E-state index in [4.69, 9.17) is 4.74 Å². The molecule has 0 spiro atoms. The number of alkyl halides is 3. The van der Waals surface area contributed by atoms with Crippen LogP contribution in [0.25, 0.3) is 5.52 Å². The molecule has 0 radical (unpaired) electrons. The fourth-order valence-corrected chi connectivity index (χ4v) is 6.52. The van der Waals surface area contributed by atoms with Crippen molar-refractivity contribution < 1.29 is 22.7 Å². The van der Waals surface area contributed by atoms with Gasteiger partial charge in [-0.2, -0.15) is 0 Å². The quantitative estimate of drug-likeness (QED) is 0.284. The van der Waals surface area contributed by atoms with Gasteiger partial charge in [0.15, 0.2) is 0 Å². The van der Waals surface area contributed by atoms with Gasteiger partial charge in [0.25, 0.3) is 0 Å². The number of methoxy groups -OCH3 is 1. The second-order valence-corrected chi connectivity index (χ2v) is 12.0. The Morgan fingerprint density at radius 1 is 1.31 bits per heavy atom. The van der Waals surface area contributed by atoms with Crippen molar-refractivity contribution in [2.24, 2.45) is 5.92 Å². The van der Waals surface area contributed by atoms with Gasteiger partial charge in [0, 0.05) is 0 Å². The molecule has 0 bridgehead atoms. The Morgan fingerprint density at radius 2 is 2.13 bits per heavy atom. The van der Waals surface area contributed by atoms with E-state index in [2.05, 4.69) is 44.8 Å². The van der Waals surface area contributed by atoms with Crippen LogP contribution in [0.3, 0.4) is 0 Å². The van der Waals surface area contributed by atoms with E-state index < -0.39 is 20.0 Å². The number of ether oxygens (including phenoxy) is 1. The number of nitrogens with zero attached hydrogens (tertiary/aromatic N) is 3. The van der Waals surface area contributed by atoms with Gasteiger partial charge in [-0.25, -0.2) is 0 Å². The Morgan fingerprint density at radius 3 is 2.85 bits per heavy atom. The maximum absolute atomic E-state index is 13.6. The number of aromatic nitrogens is 2. The van der Waals surface area contributed by atoms with Crippen LogP contribution >= 0.6 is 0 Å². The number of fused-ring (bicyclic) bond motifs is 2.